The lowest BCUT2D eigenvalue weighted by atomic mass is 10.0. The first-order valence-corrected chi connectivity index (χ1v) is 7.74. The van der Waals surface area contributed by atoms with Crippen LogP contribution in [0.5, 0.6) is 11.5 Å². The molecule has 126 valence electrons. The molecule has 0 radical (unpaired) electrons. The van der Waals surface area contributed by atoms with Crippen molar-refractivity contribution in [3.63, 3.8) is 0 Å². The normalized spacial score (nSPS) is 10.2. The molecule has 4 nitrogen and oxygen atoms in total. The number of rotatable bonds is 6. The van der Waals surface area contributed by atoms with Crippen molar-refractivity contribution in [2.75, 3.05) is 19.5 Å². The summed E-state index contributed by atoms with van der Waals surface area (Å²) < 4.78 is 10.8. The maximum Gasteiger partial charge on any atom is 0.255 e. The van der Waals surface area contributed by atoms with Crippen molar-refractivity contribution in [2.45, 2.75) is 20.3 Å². The van der Waals surface area contributed by atoms with Crippen LogP contribution in [0.25, 0.3) is 0 Å². The first kappa shape index (κ1) is 17.6. The summed E-state index contributed by atoms with van der Waals surface area (Å²) in [5.41, 5.74) is 4.35. The van der Waals surface area contributed by atoms with Crippen molar-refractivity contribution in [3.05, 3.63) is 65.2 Å². The van der Waals surface area contributed by atoms with E-state index in [-0.39, 0.29) is 5.91 Å². The quantitative estimate of drug-likeness (QED) is 0.806. The van der Waals surface area contributed by atoms with Crippen LogP contribution in [0.3, 0.4) is 0 Å². The number of amides is 1. The van der Waals surface area contributed by atoms with Gasteiger partial charge in [0.1, 0.15) is 0 Å². The number of anilines is 1. The molecule has 0 spiro atoms. The van der Waals surface area contributed by atoms with Crippen molar-refractivity contribution in [1.82, 2.24) is 0 Å². The summed E-state index contributed by atoms with van der Waals surface area (Å²) in [6.07, 6.45) is 2.35. The number of methoxy groups -OCH3 is 2. The van der Waals surface area contributed by atoms with Gasteiger partial charge in [0.15, 0.2) is 11.5 Å². The molecule has 1 amide bonds. The number of nitrogens with one attached hydrogen (secondary N) is 1. The Morgan fingerprint density at radius 2 is 1.92 bits per heavy atom. The lowest BCUT2D eigenvalue weighted by Gasteiger charge is -2.15. The van der Waals surface area contributed by atoms with Crippen molar-refractivity contribution in [3.8, 4) is 11.5 Å². The third kappa shape index (κ3) is 3.77. The van der Waals surface area contributed by atoms with E-state index in [1.165, 1.54) is 0 Å². The SMILES string of the molecule is C=CCc1cc(C(=O)Nc2ccc(C)cc2C)cc(OC)c1OC. The van der Waals surface area contributed by atoms with Crippen LogP contribution in [0, 0.1) is 13.8 Å². The Morgan fingerprint density at radius 3 is 2.50 bits per heavy atom. The van der Waals surface area contributed by atoms with E-state index in [2.05, 4.69) is 11.9 Å². The molecule has 0 atom stereocenters. The highest BCUT2D eigenvalue weighted by atomic mass is 16.5. The Kier molecular flexibility index (Phi) is 5.64. The molecule has 24 heavy (non-hydrogen) atoms. The van der Waals surface area contributed by atoms with Crippen LogP contribution < -0.4 is 14.8 Å². The highest BCUT2D eigenvalue weighted by Crippen LogP contribution is 2.33. The monoisotopic (exact) mass is 325 g/mol. The van der Waals surface area contributed by atoms with Crippen LogP contribution in [-0.2, 0) is 6.42 Å². The molecule has 0 aliphatic carbocycles. The maximum atomic E-state index is 12.6. The number of hydrogen-bond acceptors (Lipinski definition) is 3. The highest BCUT2D eigenvalue weighted by Gasteiger charge is 2.16. The smallest absolute Gasteiger partial charge is 0.255 e. The molecule has 0 heterocycles. The van der Waals surface area contributed by atoms with Crippen molar-refractivity contribution < 1.29 is 14.3 Å². The van der Waals surface area contributed by atoms with Crippen molar-refractivity contribution in [2.24, 2.45) is 0 Å². The van der Waals surface area contributed by atoms with Gasteiger partial charge in [0, 0.05) is 16.8 Å². The minimum Gasteiger partial charge on any atom is -0.493 e. The molecule has 4 heteroatoms. The summed E-state index contributed by atoms with van der Waals surface area (Å²) in [4.78, 5) is 12.6. The van der Waals surface area contributed by atoms with Crippen LogP contribution in [0.15, 0.2) is 43.0 Å². The third-order valence-corrected chi connectivity index (χ3v) is 3.81. The van der Waals surface area contributed by atoms with Crippen LogP contribution >= 0.6 is 0 Å². The maximum absolute atomic E-state index is 12.6. The van der Waals surface area contributed by atoms with Gasteiger partial charge < -0.3 is 14.8 Å². The zero-order chi connectivity index (χ0) is 17.7. The predicted molar refractivity (Wildman–Crippen MR) is 97.3 cm³/mol. The molecule has 0 aliphatic heterocycles. The van der Waals surface area contributed by atoms with Crippen molar-refractivity contribution in [1.29, 1.82) is 0 Å². The average Bonchev–Trinajstić information content (AvgIpc) is 2.56. The minimum absolute atomic E-state index is 0.187. The Hall–Kier alpha value is -2.75. The fourth-order valence-electron chi connectivity index (χ4n) is 2.63. The molecule has 2 aromatic carbocycles. The molecule has 2 aromatic rings. The lowest BCUT2D eigenvalue weighted by Crippen LogP contribution is -2.14. The summed E-state index contributed by atoms with van der Waals surface area (Å²) in [7, 11) is 3.14. The van der Waals surface area contributed by atoms with Gasteiger partial charge in [-0.25, -0.2) is 0 Å². The summed E-state index contributed by atoms with van der Waals surface area (Å²) in [6, 6.07) is 9.41. The number of benzene rings is 2. The van der Waals surface area contributed by atoms with Gasteiger partial charge in [0.2, 0.25) is 0 Å². The predicted octanol–water partition coefficient (Wildman–Crippen LogP) is 4.30. The zero-order valence-electron chi connectivity index (χ0n) is 14.6. The van der Waals surface area contributed by atoms with E-state index in [9.17, 15) is 4.79 Å². The first-order valence-electron chi connectivity index (χ1n) is 7.74. The summed E-state index contributed by atoms with van der Waals surface area (Å²) >= 11 is 0. The molecule has 0 fully saturated rings. The number of carbonyl (C=O) groups is 1. The number of allylic oxidation sites excluding steroid dienone is 1. The fraction of sp³-hybridized carbons (Fsp3) is 0.250. The van der Waals surface area contributed by atoms with E-state index in [1.807, 2.05) is 38.1 Å². The summed E-state index contributed by atoms with van der Waals surface area (Å²) in [5.74, 6) is 0.969. The molecule has 0 aromatic heterocycles. The fourth-order valence-corrected chi connectivity index (χ4v) is 2.63. The molecular weight excluding hydrogens is 302 g/mol. The number of hydrogen-bond donors (Lipinski definition) is 1. The number of carbonyl (C=O) groups excluding carboxylic acids is 1. The third-order valence-electron chi connectivity index (χ3n) is 3.81. The van der Waals surface area contributed by atoms with Gasteiger partial charge in [-0.05, 0) is 44.0 Å². The zero-order valence-corrected chi connectivity index (χ0v) is 14.6. The van der Waals surface area contributed by atoms with E-state index in [0.29, 0.717) is 23.5 Å². The second-order valence-electron chi connectivity index (χ2n) is 5.64. The molecule has 0 bridgehead atoms. The summed E-state index contributed by atoms with van der Waals surface area (Å²) in [6.45, 7) is 7.75. The van der Waals surface area contributed by atoms with Crippen LogP contribution in [0.1, 0.15) is 27.0 Å². The number of aryl methyl sites for hydroxylation is 2. The van der Waals surface area contributed by atoms with Crippen molar-refractivity contribution >= 4 is 11.6 Å². The molecule has 0 aliphatic rings. The Morgan fingerprint density at radius 1 is 1.17 bits per heavy atom. The molecule has 0 saturated heterocycles. The second-order valence-corrected chi connectivity index (χ2v) is 5.64. The standard InChI is InChI=1S/C20H23NO3/c1-6-7-15-11-16(12-18(23-4)19(15)24-5)20(22)21-17-9-8-13(2)10-14(17)3/h6,8-12H,1,7H2,2-5H3,(H,21,22). The lowest BCUT2D eigenvalue weighted by molar-refractivity contribution is 0.102. The molecule has 2 rings (SSSR count). The Balaban J connectivity index is 2.38. The van der Waals surface area contributed by atoms with Gasteiger partial charge in [-0.1, -0.05) is 23.8 Å². The van der Waals surface area contributed by atoms with Gasteiger partial charge in [-0.2, -0.15) is 0 Å². The highest BCUT2D eigenvalue weighted by molar-refractivity contribution is 6.05. The van der Waals surface area contributed by atoms with E-state index >= 15 is 0 Å². The van der Waals surface area contributed by atoms with Gasteiger partial charge in [0.25, 0.3) is 5.91 Å². The molecular formula is C20H23NO3. The second kappa shape index (κ2) is 7.68. The van der Waals surface area contributed by atoms with Crippen LogP contribution in [0.2, 0.25) is 0 Å². The molecule has 1 N–H and O–H groups in total. The van der Waals surface area contributed by atoms with E-state index in [0.717, 1.165) is 22.4 Å². The van der Waals surface area contributed by atoms with E-state index in [1.54, 1.807) is 26.4 Å². The summed E-state index contributed by atoms with van der Waals surface area (Å²) in [5, 5.41) is 2.95. The van der Waals surface area contributed by atoms with Gasteiger partial charge in [-0.15, -0.1) is 6.58 Å². The van der Waals surface area contributed by atoms with Crippen LogP contribution in [0.4, 0.5) is 5.69 Å². The Bertz CT molecular complexity index is 766. The van der Waals surface area contributed by atoms with Gasteiger partial charge in [-0.3, -0.25) is 4.79 Å². The largest absolute Gasteiger partial charge is 0.493 e. The van der Waals surface area contributed by atoms with E-state index < -0.39 is 0 Å². The average molecular weight is 325 g/mol. The molecule has 0 unspecified atom stereocenters. The van der Waals surface area contributed by atoms with Gasteiger partial charge in [0.05, 0.1) is 14.2 Å². The van der Waals surface area contributed by atoms with E-state index in [4.69, 9.17) is 9.47 Å². The molecule has 0 saturated carbocycles. The van der Waals surface area contributed by atoms with Crippen LogP contribution in [-0.4, -0.2) is 20.1 Å². The topological polar surface area (TPSA) is 47.6 Å². The van der Waals surface area contributed by atoms with Gasteiger partial charge >= 0.3 is 0 Å². The Labute approximate surface area is 143 Å². The number of ether oxygens (including phenoxy) is 2. The first-order chi connectivity index (χ1) is 11.5. The minimum atomic E-state index is -0.187.